The van der Waals surface area contributed by atoms with E-state index in [4.69, 9.17) is 0 Å². The Balaban J connectivity index is 1.84. The molecule has 0 spiro atoms. The second-order valence-corrected chi connectivity index (χ2v) is 6.29. The maximum atomic E-state index is 13.5. The van der Waals surface area contributed by atoms with Gasteiger partial charge in [-0.15, -0.1) is 0 Å². The quantitative estimate of drug-likeness (QED) is 0.478. The summed E-state index contributed by atoms with van der Waals surface area (Å²) in [7, 11) is 0. The molecule has 28 heavy (non-hydrogen) atoms. The van der Waals surface area contributed by atoms with Crippen LogP contribution in [-0.2, 0) is 12.7 Å². The molecule has 0 unspecified atom stereocenters. The van der Waals surface area contributed by atoms with E-state index in [1.165, 1.54) is 4.57 Å². The summed E-state index contributed by atoms with van der Waals surface area (Å²) in [6.45, 7) is -0.00692. The van der Waals surface area contributed by atoms with Gasteiger partial charge in [0.25, 0.3) is 0 Å². The van der Waals surface area contributed by atoms with E-state index in [0.29, 0.717) is 27.7 Å². The highest BCUT2D eigenvalue weighted by atomic mass is 19.4. The van der Waals surface area contributed by atoms with Gasteiger partial charge in [-0.05, 0) is 47.0 Å². The molecule has 0 saturated carbocycles. The van der Waals surface area contributed by atoms with Crippen molar-refractivity contribution in [1.29, 1.82) is 5.26 Å². The minimum absolute atomic E-state index is 0.00692. The second kappa shape index (κ2) is 6.86. The van der Waals surface area contributed by atoms with Gasteiger partial charge in [0.2, 0.25) is 5.82 Å². The fraction of sp³-hybridized carbons (Fsp3) is 0.0909. The summed E-state index contributed by atoms with van der Waals surface area (Å²) in [6.07, 6.45) is -4.57. The Labute approximate surface area is 159 Å². The fourth-order valence-corrected chi connectivity index (χ4v) is 3.23. The third-order valence-corrected chi connectivity index (χ3v) is 4.48. The molecule has 137 valence electrons. The van der Waals surface area contributed by atoms with Gasteiger partial charge in [-0.2, -0.15) is 18.4 Å². The minimum Gasteiger partial charge on any atom is -0.316 e. The minimum atomic E-state index is -4.57. The summed E-state index contributed by atoms with van der Waals surface area (Å²) in [5.41, 5.74) is 3.30. The second-order valence-electron chi connectivity index (χ2n) is 6.29. The summed E-state index contributed by atoms with van der Waals surface area (Å²) in [4.78, 5) is 3.78. The fourth-order valence-electron chi connectivity index (χ4n) is 3.23. The first-order chi connectivity index (χ1) is 13.5. The summed E-state index contributed by atoms with van der Waals surface area (Å²) >= 11 is 0. The maximum Gasteiger partial charge on any atom is 0.449 e. The van der Waals surface area contributed by atoms with Gasteiger partial charge in [0.15, 0.2) is 0 Å². The Morgan fingerprint density at radius 1 is 1.04 bits per heavy atom. The van der Waals surface area contributed by atoms with E-state index in [0.717, 1.165) is 5.56 Å². The van der Waals surface area contributed by atoms with E-state index in [1.807, 2.05) is 12.1 Å². The Morgan fingerprint density at radius 3 is 2.50 bits per heavy atom. The van der Waals surface area contributed by atoms with Crippen LogP contribution in [0.4, 0.5) is 13.2 Å². The zero-order valence-corrected chi connectivity index (χ0v) is 14.5. The molecule has 1 heterocycles. The van der Waals surface area contributed by atoms with Crippen molar-refractivity contribution in [3.05, 3.63) is 89.7 Å². The average molecular weight is 376 g/mol. The molecule has 1 aromatic heterocycles. The molecular weight excluding hydrogens is 363 g/mol. The molecule has 4 aromatic rings. The van der Waals surface area contributed by atoms with Crippen LogP contribution in [0.5, 0.6) is 0 Å². The number of aromatic nitrogens is 2. The first-order valence-corrected chi connectivity index (χ1v) is 8.49. The number of rotatable bonds is 3. The van der Waals surface area contributed by atoms with Crippen molar-refractivity contribution < 1.29 is 13.2 Å². The van der Waals surface area contributed by atoms with Crippen LogP contribution in [0.25, 0.3) is 22.2 Å². The molecule has 0 atom stereocenters. The van der Waals surface area contributed by atoms with E-state index < -0.39 is 12.0 Å². The summed E-state index contributed by atoms with van der Waals surface area (Å²) in [6, 6.07) is 23.7. The normalized spacial score (nSPS) is 11.5. The molecule has 1 radical (unpaired) electrons. The zero-order valence-electron chi connectivity index (χ0n) is 14.5. The van der Waals surface area contributed by atoms with Crippen LogP contribution in [0.1, 0.15) is 17.0 Å². The lowest BCUT2D eigenvalue weighted by Crippen LogP contribution is -2.15. The van der Waals surface area contributed by atoms with Gasteiger partial charge in [-0.3, -0.25) is 0 Å². The van der Waals surface area contributed by atoms with E-state index in [-0.39, 0.29) is 6.54 Å². The van der Waals surface area contributed by atoms with Crippen molar-refractivity contribution in [2.24, 2.45) is 0 Å². The molecule has 3 nitrogen and oxygen atoms in total. The van der Waals surface area contributed by atoms with E-state index in [1.54, 1.807) is 54.6 Å². The highest BCUT2D eigenvalue weighted by molar-refractivity contribution is 5.76. The molecule has 3 aromatic carbocycles. The van der Waals surface area contributed by atoms with Crippen LogP contribution >= 0.6 is 0 Å². The Morgan fingerprint density at radius 2 is 1.79 bits per heavy atom. The Bertz CT molecular complexity index is 1190. The van der Waals surface area contributed by atoms with Gasteiger partial charge < -0.3 is 4.57 Å². The molecule has 0 bridgehead atoms. The Kier molecular flexibility index (Phi) is 4.36. The Hall–Kier alpha value is -3.59. The molecule has 0 aliphatic carbocycles. The monoisotopic (exact) mass is 376 g/mol. The number of para-hydroxylation sites is 2. The predicted molar refractivity (Wildman–Crippen MR) is 99.3 cm³/mol. The third-order valence-electron chi connectivity index (χ3n) is 4.48. The number of nitriles is 1. The van der Waals surface area contributed by atoms with Crippen molar-refractivity contribution in [1.82, 2.24) is 9.55 Å². The predicted octanol–water partition coefficient (Wildman–Crippen LogP) is 5.44. The van der Waals surface area contributed by atoms with Crippen LogP contribution in [0.15, 0.2) is 66.7 Å². The number of imidazole rings is 1. The van der Waals surface area contributed by atoms with Crippen LogP contribution in [-0.4, -0.2) is 9.55 Å². The molecule has 0 N–H and O–H groups in total. The number of benzene rings is 3. The average Bonchev–Trinajstić information content (AvgIpc) is 3.08. The summed E-state index contributed by atoms with van der Waals surface area (Å²) in [5.74, 6) is -0.936. The lowest BCUT2D eigenvalue weighted by atomic mass is 9.98. The van der Waals surface area contributed by atoms with Crippen molar-refractivity contribution in [3.8, 4) is 17.2 Å². The maximum absolute atomic E-state index is 13.5. The lowest BCUT2D eigenvalue weighted by Gasteiger charge is -2.13. The zero-order chi connectivity index (χ0) is 19.7. The molecule has 0 saturated heterocycles. The smallest absolute Gasteiger partial charge is 0.316 e. The van der Waals surface area contributed by atoms with Crippen LogP contribution in [0, 0.1) is 17.4 Å². The molecule has 6 heteroatoms. The standard InChI is InChI=1S/C22H13F3N3/c23-22(24,25)21-27-19-8-4-5-9-20(19)28(21)14-15-10-11-17(13-26)18(12-15)16-6-2-1-3-7-16/h2-12H,14H2. The number of alkyl halides is 3. The third kappa shape index (κ3) is 3.23. The van der Waals surface area contributed by atoms with E-state index >= 15 is 0 Å². The van der Waals surface area contributed by atoms with Crippen molar-refractivity contribution in [3.63, 3.8) is 0 Å². The van der Waals surface area contributed by atoms with Crippen LogP contribution in [0.3, 0.4) is 0 Å². The van der Waals surface area contributed by atoms with E-state index in [9.17, 15) is 18.4 Å². The number of fused-ring (bicyclic) bond motifs is 1. The largest absolute Gasteiger partial charge is 0.449 e. The van der Waals surface area contributed by atoms with Gasteiger partial charge >= 0.3 is 6.18 Å². The first kappa shape index (κ1) is 17.8. The first-order valence-electron chi connectivity index (χ1n) is 8.49. The van der Waals surface area contributed by atoms with Gasteiger partial charge in [0.05, 0.1) is 22.7 Å². The van der Waals surface area contributed by atoms with Gasteiger partial charge in [-0.25, -0.2) is 4.98 Å². The number of halogens is 3. The number of hydrogen-bond acceptors (Lipinski definition) is 2. The topological polar surface area (TPSA) is 41.6 Å². The highest BCUT2D eigenvalue weighted by Crippen LogP contribution is 2.32. The SMILES string of the molecule is N#Cc1ccc(Cn2c(C(F)(F)F)nc3ccccc32)cc1-c1cc[c]cc1. The van der Waals surface area contributed by atoms with Gasteiger partial charge in [0, 0.05) is 6.54 Å². The molecule has 0 aliphatic rings. The van der Waals surface area contributed by atoms with Crippen molar-refractivity contribution >= 4 is 11.0 Å². The number of hydrogen-bond donors (Lipinski definition) is 0. The highest BCUT2D eigenvalue weighted by Gasteiger charge is 2.37. The van der Waals surface area contributed by atoms with Crippen molar-refractivity contribution in [2.45, 2.75) is 12.7 Å². The van der Waals surface area contributed by atoms with Crippen LogP contribution in [0.2, 0.25) is 0 Å². The van der Waals surface area contributed by atoms with Gasteiger partial charge in [0.1, 0.15) is 0 Å². The van der Waals surface area contributed by atoms with E-state index in [2.05, 4.69) is 17.1 Å². The van der Waals surface area contributed by atoms with Gasteiger partial charge in [-0.1, -0.05) is 42.5 Å². The summed E-state index contributed by atoms with van der Waals surface area (Å²) < 4.78 is 41.7. The van der Waals surface area contributed by atoms with Crippen LogP contribution < -0.4 is 0 Å². The molecular formula is C22H13F3N3. The molecule has 0 amide bonds. The van der Waals surface area contributed by atoms with Crippen molar-refractivity contribution in [2.75, 3.05) is 0 Å². The molecule has 4 rings (SSSR count). The number of nitrogens with zero attached hydrogens (tertiary/aromatic N) is 3. The molecule has 0 fully saturated rings. The lowest BCUT2D eigenvalue weighted by molar-refractivity contribution is -0.146. The summed E-state index contributed by atoms with van der Waals surface area (Å²) in [5, 5.41) is 9.40. The molecule has 0 aliphatic heterocycles.